The smallest absolute Gasteiger partial charge is 0.0894 e. The molecule has 4 heteroatoms. The van der Waals surface area contributed by atoms with Crippen LogP contribution >= 0.6 is 11.3 Å². The molecule has 16 heavy (non-hydrogen) atoms. The van der Waals surface area contributed by atoms with E-state index >= 15 is 0 Å². The quantitative estimate of drug-likeness (QED) is 0.845. The van der Waals surface area contributed by atoms with Crippen molar-refractivity contribution in [1.29, 1.82) is 0 Å². The van der Waals surface area contributed by atoms with Gasteiger partial charge in [0, 0.05) is 17.5 Å². The molecule has 1 aliphatic heterocycles. The van der Waals surface area contributed by atoms with Crippen molar-refractivity contribution in [3.05, 3.63) is 21.9 Å². The largest absolute Gasteiger partial charge is 0.385 e. The zero-order valence-electron chi connectivity index (χ0n) is 9.82. The van der Waals surface area contributed by atoms with E-state index in [1.54, 1.807) is 11.3 Å². The van der Waals surface area contributed by atoms with Gasteiger partial charge in [-0.25, -0.2) is 0 Å². The minimum Gasteiger partial charge on any atom is -0.385 e. The van der Waals surface area contributed by atoms with E-state index in [1.807, 2.05) is 18.4 Å². The summed E-state index contributed by atoms with van der Waals surface area (Å²) in [5, 5.41) is 15.9. The number of aryl methyl sites for hydroxylation is 1. The predicted octanol–water partition coefficient (Wildman–Crippen LogP) is 1.64. The van der Waals surface area contributed by atoms with Crippen LogP contribution in [-0.4, -0.2) is 30.9 Å². The first-order chi connectivity index (χ1) is 7.59. The van der Waals surface area contributed by atoms with Gasteiger partial charge < -0.3 is 15.2 Å². The van der Waals surface area contributed by atoms with Crippen molar-refractivity contribution in [3.63, 3.8) is 0 Å². The second-order valence-corrected chi connectivity index (χ2v) is 5.71. The van der Waals surface area contributed by atoms with Crippen LogP contribution in [0.1, 0.15) is 23.8 Å². The van der Waals surface area contributed by atoms with Gasteiger partial charge >= 0.3 is 0 Å². The van der Waals surface area contributed by atoms with E-state index in [-0.39, 0.29) is 6.04 Å². The number of hydrogen-bond donors (Lipinski definition) is 2. The topological polar surface area (TPSA) is 41.5 Å². The van der Waals surface area contributed by atoms with Crippen molar-refractivity contribution >= 4 is 11.3 Å². The molecule has 1 aliphatic rings. The first-order valence-corrected chi connectivity index (χ1v) is 6.55. The summed E-state index contributed by atoms with van der Waals surface area (Å²) in [7, 11) is 0. The summed E-state index contributed by atoms with van der Waals surface area (Å²) in [5.41, 5.74) is 0.285. The Bertz CT molecular complexity index is 343. The van der Waals surface area contributed by atoms with Crippen molar-refractivity contribution in [2.75, 3.05) is 19.8 Å². The molecule has 0 aromatic carbocycles. The minimum absolute atomic E-state index is 0.253. The van der Waals surface area contributed by atoms with E-state index < -0.39 is 5.60 Å². The van der Waals surface area contributed by atoms with Crippen LogP contribution in [0, 0.1) is 6.92 Å². The molecule has 3 nitrogen and oxygen atoms in total. The third kappa shape index (κ3) is 2.63. The minimum atomic E-state index is -0.761. The number of hydrogen-bond acceptors (Lipinski definition) is 4. The Kier molecular flexibility index (Phi) is 3.64. The van der Waals surface area contributed by atoms with Crippen LogP contribution in [0.2, 0.25) is 0 Å². The third-order valence-corrected chi connectivity index (χ3v) is 3.93. The molecule has 2 unspecified atom stereocenters. The molecule has 0 spiro atoms. The van der Waals surface area contributed by atoms with Gasteiger partial charge in [-0.1, -0.05) is 0 Å². The van der Waals surface area contributed by atoms with Crippen LogP contribution in [0.3, 0.4) is 0 Å². The fraction of sp³-hybridized carbons (Fsp3) is 0.667. The number of thiophene rings is 1. The lowest BCUT2D eigenvalue weighted by Crippen LogP contribution is -2.45. The summed E-state index contributed by atoms with van der Waals surface area (Å²) in [5.74, 6) is 0. The van der Waals surface area contributed by atoms with Crippen LogP contribution < -0.4 is 5.32 Å². The van der Waals surface area contributed by atoms with Crippen molar-refractivity contribution in [2.45, 2.75) is 31.9 Å². The highest BCUT2D eigenvalue weighted by atomic mass is 32.1. The first-order valence-electron chi connectivity index (χ1n) is 5.68. The molecule has 1 fully saturated rings. The summed E-state index contributed by atoms with van der Waals surface area (Å²) in [6.07, 6.45) is 0.699. The maximum absolute atomic E-state index is 10.5. The van der Waals surface area contributed by atoms with Crippen LogP contribution in [-0.2, 0) is 10.3 Å². The predicted molar refractivity (Wildman–Crippen MR) is 65.9 cm³/mol. The monoisotopic (exact) mass is 241 g/mol. The zero-order chi connectivity index (χ0) is 11.6. The van der Waals surface area contributed by atoms with E-state index in [4.69, 9.17) is 4.74 Å². The highest BCUT2D eigenvalue weighted by Gasteiger charge is 2.30. The molecule has 1 saturated heterocycles. The summed E-state index contributed by atoms with van der Waals surface area (Å²) >= 11 is 1.68. The Balaban J connectivity index is 2.04. The summed E-state index contributed by atoms with van der Waals surface area (Å²) in [6.45, 7) is 6.29. The molecule has 0 amide bonds. The van der Waals surface area contributed by atoms with Gasteiger partial charge in [0.1, 0.15) is 0 Å². The Morgan fingerprint density at radius 1 is 1.69 bits per heavy atom. The molecule has 90 valence electrons. The fourth-order valence-electron chi connectivity index (χ4n) is 2.28. The van der Waals surface area contributed by atoms with Gasteiger partial charge in [0.15, 0.2) is 0 Å². The van der Waals surface area contributed by atoms with Gasteiger partial charge in [-0.3, -0.25) is 0 Å². The molecule has 0 bridgehead atoms. The van der Waals surface area contributed by atoms with Crippen molar-refractivity contribution < 1.29 is 9.84 Å². The van der Waals surface area contributed by atoms with Crippen LogP contribution in [0.5, 0.6) is 0 Å². The lowest BCUT2D eigenvalue weighted by Gasteiger charge is -2.31. The average molecular weight is 241 g/mol. The van der Waals surface area contributed by atoms with Gasteiger partial charge in [-0.2, -0.15) is 0 Å². The number of aliphatic hydroxyl groups is 1. The lowest BCUT2D eigenvalue weighted by molar-refractivity contribution is 0.00315. The molecule has 0 aliphatic carbocycles. The van der Waals surface area contributed by atoms with E-state index in [1.165, 1.54) is 4.88 Å². The number of rotatable bonds is 3. The molecule has 2 atom stereocenters. The molecule has 1 aromatic heterocycles. The SMILES string of the molecule is Cc1sccc1C(C)(O)CC1COCCN1. The molecular weight excluding hydrogens is 222 g/mol. The van der Waals surface area contributed by atoms with Gasteiger partial charge in [0.25, 0.3) is 0 Å². The second kappa shape index (κ2) is 4.84. The molecule has 0 radical (unpaired) electrons. The van der Waals surface area contributed by atoms with Crippen LogP contribution in [0.25, 0.3) is 0 Å². The standard InChI is InChI=1S/C12H19NO2S/c1-9-11(3-6-16-9)12(2,14)7-10-8-15-5-4-13-10/h3,6,10,13-14H,4-5,7-8H2,1-2H3. The molecule has 2 rings (SSSR count). The van der Waals surface area contributed by atoms with Crippen molar-refractivity contribution in [3.8, 4) is 0 Å². The first kappa shape index (κ1) is 12.0. The Hall–Kier alpha value is -0.420. The fourth-order valence-corrected chi connectivity index (χ4v) is 3.11. The summed E-state index contributed by atoms with van der Waals surface area (Å²) < 4.78 is 5.40. The maximum atomic E-state index is 10.5. The van der Waals surface area contributed by atoms with Crippen molar-refractivity contribution in [2.24, 2.45) is 0 Å². The van der Waals surface area contributed by atoms with E-state index in [0.29, 0.717) is 13.0 Å². The number of morpholine rings is 1. The van der Waals surface area contributed by atoms with Crippen LogP contribution in [0.4, 0.5) is 0 Å². The van der Waals surface area contributed by atoms with Gasteiger partial charge in [-0.15, -0.1) is 11.3 Å². The Labute approximate surface area is 100 Å². The maximum Gasteiger partial charge on any atom is 0.0894 e. The number of nitrogens with one attached hydrogen (secondary N) is 1. The van der Waals surface area contributed by atoms with E-state index in [2.05, 4.69) is 12.2 Å². The van der Waals surface area contributed by atoms with Gasteiger partial charge in [0.2, 0.25) is 0 Å². The van der Waals surface area contributed by atoms with E-state index in [9.17, 15) is 5.11 Å². The molecule has 0 saturated carbocycles. The van der Waals surface area contributed by atoms with Crippen LogP contribution in [0.15, 0.2) is 11.4 Å². The lowest BCUT2D eigenvalue weighted by atomic mass is 9.89. The molecule has 1 aromatic rings. The zero-order valence-corrected chi connectivity index (χ0v) is 10.6. The number of ether oxygens (including phenoxy) is 1. The highest BCUT2D eigenvalue weighted by molar-refractivity contribution is 7.10. The normalized spacial score (nSPS) is 25.3. The Morgan fingerprint density at radius 2 is 2.50 bits per heavy atom. The highest BCUT2D eigenvalue weighted by Crippen LogP contribution is 2.31. The second-order valence-electron chi connectivity index (χ2n) is 4.59. The third-order valence-electron chi connectivity index (χ3n) is 3.08. The molecule has 2 heterocycles. The van der Waals surface area contributed by atoms with Gasteiger partial charge in [0.05, 0.1) is 18.8 Å². The summed E-state index contributed by atoms with van der Waals surface area (Å²) in [4.78, 5) is 1.20. The van der Waals surface area contributed by atoms with Gasteiger partial charge in [-0.05, 0) is 37.3 Å². The van der Waals surface area contributed by atoms with Crippen molar-refractivity contribution in [1.82, 2.24) is 5.32 Å². The van der Waals surface area contributed by atoms with E-state index in [0.717, 1.165) is 18.7 Å². The Morgan fingerprint density at radius 3 is 3.06 bits per heavy atom. The average Bonchev–Trinajstić information content (AvgIpc) is 2.66. The molecule has 2 N–H and O–H groups in total. The molecular formula is C12H19NO2S. The summed E-state index contributed by atoms with van der Waals surface area (Å²) in [6, 6.07) is 2.27.